The van der Waals surface area contributed by atoms with Crippen molar-refractivity contribution in [2.24, 2.45) is 17.1 Å². The number of hydrogen-bond acceptors (Lipinski definition) is 3. The number of carbonyl (C=O) groups is 1. The van der Waals surface area contributed by atoms with Crippen LogP contribution in [0.3, 0.4) is 0 Å². The van der Waals surface area contributed by atoms with E-state index in [0.29, 0.717) is 24.5 Å². The van der Waals surface area contributed by atoms with Crippen LogP contribution >= 0.6 is 12.4 Å². The molecule has 3 rings (SSSR count). The van der Waals surface area contributed by atoms with Crippen LogP contribution in [0.1, 0.15) is 65.7 Å². The number of hydrogen-bond donors (Lipinski definition) is 1. The monoisotopic (exact) mass is 357 g/mol. The Morgan fingerprint density at radius 3 is 2.12 bits per heavy atom. The van der Waals surface area contributed by atoms with Gasteiger partial charge in [0, 0.05) is 31.2 Å². The van der Waals surface area contributed by atoms with Gasteiger partial charge in [0.2, 0.25) is 5.91 Å². The van der Waals surface area contributed by atoms with Crippen LogP contribution in [-0.2, 0) is 4.79 Å². The quantitative estimate of drug-likeness (QED) is 0.841. The number of piperidine rings is 1. The van der Waals surface area contributed by atoms with Gasteiger partial charge in [0.1, 0.15) is 0 Å². The van der Waals surface area contributed by atoms with Crippen molar-refractivity contribution in [3.8, 4) is 0 Å². The van der Waals surface area contributed by atoms with Gasteiger partial charge >= 0.3 is 0 Å². The first-order chi connectivity index (χ1) is 10.9. The number of amides is 1. The largest absolute Gasteiger partial charge is 0.336 e. The molecule has 0 aromatic heterocycles. The fraction of sp³-hybridized carbons (Fsp3) is 0.947. The lowest BCUT2D eigenvalue weighted by Crippen LogP contribution is -2.55. The summed E-state index contributed by atoms with van der Waals surface area (Å²) in [5.74, 6) is 1.21. The van der Waals surface area contributed by atoms with Crippen LogP contribution < -0.4 is 5.73 Å². The maximum absolute atomic E-state index is 13.0. The summed E-state index contributed by atoms with van der Waals surface area (Å²) >= 11 is 0. The average molecular weight is 358 g/mol. The van der Waals surface area contributed by atoms with Gasteiger partial charge in [-0.3, -0.25) is 9.69 Å². The van der Waals surface area contributed by atoms with Crippen molar-refractivity contribution in [1.82, 2.24) is 9.80 Å². The van der Waals surface area contributed by atoms with E-state index in [1.165, 1.54) is 38.5 Å². The number of likely N-dealkylation sites (tertiary alicyclic amines) is 1. The van der Waals surface area contributed by atoms with Gasteiger partial charge in [-0.25, -0.2) is 0 Å². The molecule has 2 aliphatic carbocycles. The van der Waals surface area contributed by atoms with Gasteiger partial charge in [-0.05, 0) is 56.3 Å². The molecule has 1 heterocycles. The Kier molecular flexibility index (Phi) is 6.60. The number of nitrogens with zero attached hydrogens (tertiary/aromatic N) is 2. The van der Waals surface area contributed by atoms with Crippen LogP contribution in [0, 0.1) is 11.3 Å². The summed E-state index contributed by atoms with van der Waals surface area (Å²) in [5, 5.41) is 0. The minimum Gasteiger partial charge on any atom is -0.336 e. The molecule has 0 aromatic rings. The summed E-state index contributed by atoms with van der Waals surface area (Å²) in [6.07, 6.45) is 8.42. The molecular formula is C19H36ClN3O. The topological polar surface area (TPSA) is 49.6 Å². The lowest BCUT2D eigenvalue weighted by atomic mass is 9.79. The summed E-state index contributed by atoms with van der Waals surface area (Å²) in [4.78, 5) is 17.6. The molecular weight excluding hydrogens is 322 g/mol. The van der Waals surface area contributed by atoms with Crippen molar-refractivity contribution in [2.45, 2.75) is 83.8 Å². The zero-order chi connectivity index (χ0) is 16.6. The van der Waals surface area contributed by atoms with Gasteiger partial charge in [-0.2, -0.15) is 0 Å². The highest BCUT2D eigenvalue weighted by Gasteiger charge is 2.40. The van der Waals surface area contributed by atoms with Crippen LogP contribution in [0.4, 0.5) is 0 Å². The summed E-state index contributed by atoms with van der Waals surface area (Å²) in [6, 6.07) is 1.31. The fourth-order valence-corrected chi connectivity index (χ4v) is 4.47. The summed E-state index contributed by atoms with van der Waals surface area (Å²) in [6.45, 7) is 9.32. The standard InChI is InChI=1S/C19H35N3O.ClH/c1-14-4-6-15(7-5-14)22(16-8-9-16)18(23)12-21-11-10-17(20)19(2,3)13-21;/h14-17H,4-13,20H2,1-3H3;1H. The SMILES string of the molecule is CC1CCC(N(C(=O)CN2CCC(N)C(C)(C)C2)C2CC2)CC1.Cl. The Hall–Kier alpha value is -0.320. The van der Waals surface area contributed by atoms with Gasteiger partial charge < -0.3 is 10.6 Å². The van der Waals surface area contributed by atoms with Crippen LogP contribution in [0.5, 0.6) is 0 Å². The number of nitrogens with two attached hydrogens (primary N) is 1. The summed E-state index contributed by atoms with van der Waals surface area (Å²) < 4.78 is 0. The second-order valence-corrected chi connectivity index (χ2v) is 9.04. The second-order valence-electron chi connectivity index (χ2n) is 9.04. The Labute approximate surface area is 153 Å². The highest BCUT2D eigenvalue weighted by molar-refractivity contribution is 5.85. The first kappa shape index (κ1) is 20.0. The molecule has 1 saturated heterocycles. The van der Waals surface area contributed by atoms with E-state index >= 15 is 0 Å². The highest BCUT2D eigenvalue weighted by Crippen LogP contribution is 2.36. The molecule has 24 heavy (non-hydrogen) atoms. The molecule has 1 amide bonds. The van der Waals surface area contributed by atoms with Gasteiger partial charge in [0.25, 0.3) is 0 Å². The number of rotatable bonds is 4. The second kappa shape index (κ2) is 7.92. The lowest BCUT2D eigenvalue weighted by molar-refractivity contribution is -0.137. The van der Waals surface area contributed by atoms with E-state index in [9.17, 15) is 4.79 Å². The molecule has 3 aliphatic rings. The van der Waals surface area contributed by atoms with E-state index < -0.39 is 0 Å². The predicted octanol–water partition coefficient (Wildman–Crippen LogP) is 3.04. The molecule has 3 fully saturated rings. The van der Waals surface area contributed by atoms with Crippen molar-refractivity contribution < 1.29 is 4.79 Å². The van der Waals surface area contributed by atoms with E-state index in [2.05, 4.69) is 30.6 Å². The molecule has 0 spiro atoms. The molecule has 1 unspecified atom stereocenters. The number of carbonyl (C=O) groups excluding carboxylic acids is 1. The highest BCUT2D eigenvalue weighted by atomic mass is 35.5. The molecule has 0 bridgehead atoms. The molecule has 5 heteroatoms. The minimum absolute atomic E-state index is 0. The molecule has 140 valence electrons. The summed E-state index contributed by atoms with van der Waals surface area (Å²) in [5.41, 5.74) is 6.35. The van der Waals surface area contributed by atoms with Crippen molar-refractivity contribution >= 4 is 18.3 Å². The van der Waals surface area contributed by atoms with E-state index in [1.807, 2.05) is 0 Å². The van der Waals surface area contributed by atoms with E-state index in [1.54, 1.807) is 0 Å². The molecule has 1 aliphatic heterocycles. The minimum atomic E-state index is 0. The normalized spacial score (nSPS) is 33.6. The maximum atomic E-state index is 13.0. The first-order valence-electron chi connectivity index (χ1n) is 9.66. The third-order valence-electron chi connectivity index (χ3n) is 6.36. The lowest BCUT2D eigenvalue weighted by Gasteiger charge is -2.43. The van der Waals surface area contributed by atoms with Gasteiger partial charge in [-0.1, -0.05) is 20.8 Å². The van der Waals surface area contributed by atoms with Crippen molar-refractivity contribution in [3.63, 3.8) is 0 Å². The zero-order valence-corrected chi connectivity index (χ0v) is 16.5. The molecule has 1 atom stereocenters. The molecule has 0 radical (unpaired) electrons. The molecule has 4 nitrogen and oxygen atoms in total. The molecule has 2 saturated carbocycles. The van der Waals surface area contributed by atoms with E-state index in [0.717, 1.165) is 25.4 Å². The number of halogens is 1. The Bertz CT molecular complexity index is 430. The average Bonchev–Trinajstić information content (AvgIpc) is 3.30. The fourth-order valence-electron chi connectivity index (χ4n) is 4.47. The van der Waals surface area contributed by atoms with Gasteiger partial charge in [0.05, 0.1) is 6.54 Å². The van der Waals surface area contributed by atoms with Gasteiger partial charge in [-0.15, -0.1) is 12.4 Å². The van der Waals surface area contributed by atoms with Crippen LogP contribution in [0.25, 0.3) is 0 Å². The Morgan fingerprint density at radius 2 is 1.62 bits per heavy atom. The Balaban J connectivity index is 0.00000208. The third kappa shape index (κ3) is 4.64. The predicted molar refractivity (Wildman–Crippen MR) is 101 cm³/mol. The molecule has 0 aromatic carbocycles. The van der Waals surface area contributed by atoms with Crippen molar-refractivity contribution in [2.75, 3.05) is 19.6 Å². The van der Waals surface area contributed by atoms with Crippen LogP contribution in [0.2, 0.25) is 0 Å². The van der Waals surface area contributed by atoms with Gasteiger partial charge in [0.15, 0.2) is 0 Å². The smallest absolute Gasteiger partial charge is 0.237 e. The van der Waals surface area contributed by atoms with Crippen LogP contribution in [0.15, 0.2) is 0 Å². The third-order valence-corrected chi connectivity index (χ3v) is 6.36. The first-order valence-corrected chi connectivity index (χ1v) is 9.66. The van der Waals surface area contributed by atoms with Crippen LogP contribution in [-0.4, -0.2) is 53.5 Å². The zero-order valence-electron chi connectivity index (χ0n) is 15.7. The van der Waals surface area contributed by atoms with Crippen molar-refractivity contribution in [3.05, 3.63) is 0 Å². The maximum Gasteiger partial charge on any atom is 0.237 e. The Morgan fingerprint density at radius 1 is 1.08 bits per heavy atom. The van der Waals surface area contributed by atoms with E-state index in [4.69, 9.17) is 5.73 Å². The van der Waals surface area contributed by atoms with Crippen molar-refractivity contribution in [1.29, 1.82) is 0 Å². The van der Waals surface area contributed by atoms with E-state index in [-0.39, 0.29) is 23.9 Å². The molecule has 2 N–H and O–H groups in total. The summed E-state index contributed by atoms with van der Waals surface area (Å²) in [7, 11) is 0.